The third-order valence-electron chi connectivity index (χ3n) is 4.00. The highest BCUT2D eigenvalue weighted by atomic mass is 16.5. The third-order valence-corrected chi connectivity index (χ3v) is 4.00. The number of para-hydroxylation sites is 1. The number of benzene rings is 1. The Kier molecular flexibility index (Phi) is 5.62. The molecule has 0 aliphatic carbocycles. The van der Waals surface area contributed by atoms with Gasteiger partial charge in [0.15, 0.2) is 11.5 Å². The van der Waals surface area contributed by atoms with Crippen LogP contribution in [0.3, 0.4) is 0 Å². The van der Waals surface area contributed by atoms with Gasteiger partial charge in [0, 0.05) is 25.5 Å². The number of methoxy groups -OCH3 is 2. The maximum Gasteiger partial charge on any atom is 0.231 e. The van der Waals surface area contributed by atoms with Gasteiger partial charge in [-0.25, -0.2) is 0 Å². The largest absolute Gasteiger partial charge is 0.496 e. The zero-order valence-corrected chi connectivity index (χ0v) is 14.8. The molecule has 0 saturated heterocycles. The lowest BCUT2D eigenvalue weighted by molar-refractivity contribution is -0.121. The summed E-state index contributed by atoms with van der Waals surface area (Å²) in [6, 6.07) is 11.3. The highest BCUT2D eigenvalue weighted by molar-refractivity contribution is 5.76. The number of aromatic nitrogens is 4. The van der Waals surface area contributed by atoms with Crippen LogP contribution in [0.15, 0.2) is 36.4 Å². The molecule has 136 valence electrons. The number of ether oxygens (including phenoxy) is 2. The van der Waals surface area contributed by atoms with Crippen LogP contribution in [0.4, 0.5) is 0 Å². The molecule has 8 nitrogen and oxygen atoms in total. The van der Waals surface area contributed by atoms with Gasteiger partial charge < -0.3 is 14.8 Å². The predicted octanol–water partition coefficient (Wildman–Crippen LogP) is 1.43. The minimum atomic E-state index is -0.0421. The minimum absolute atomic E-state index is 0.0421. The van der Waals surface area contributed by atoms with Crippen molar-refractivity contribution in [2.75, 3.05) is 20.8 Å². The molecule has 1 amide bonds. The fourth-order valence-corrected chi connectivity index (χ4v) is 2.64. The minimum Gasteiger partial charge on any atom is -0.496 e. The normalized spacial score (nSPS) is 10.7. The molecule has 0 fully saturated rings. The summed E-state index contributed by atoms with van der Waals surface area (Å²) in [7, 11) is 3.19. The first-order valence-electron chi connectivity index (χ1n) is 8.35. The van der Waals surface area contributed by atoms with Crippen molar-refractivity contribution in [1.29, 1.82) is 0 Å². The topological polar surface area (TPSA) is 90.6 Å². The molecular formula is C18H21N5O3. The fourth-order valence-electron chi connectivity index (χ4n) is 2.64. The van der Waals surface area contributed by atoms with Crippen molar-refractivity contribution < 1.29 is 14.3 Å². The maximum atomic E-state index is 12.1. The van der Waals surface area contributed by atoms with Gasteiger partial charge in [0.25, 0.3) is 0 Å². The Labute approximate surface area is 151 Å². The molecule has 0 atom stereocenters. The van der Waals surface area contributed by atoms with E-state index in [9.17, 15) is 4.79 Å². The number of rotatable bonds is 8. The van der Waals surface area contributed by atoms with E-state index in [0.717, 1.165) is 11.3 Å². The van der Waals surface area contributed by atoms with Crippen molar-refractivity contribution in [3.63, 3.8) is 0 Å². The summed E-state index contributed by atoms with van der Waals surface area (Å²) in [5.41, 5.74) is 1.69. The van der Waals surface area contributed by atoms with Gasteiger partial charge in [-0.05, 0) is 24.1 Å². The van der Waals surface area contributed by atoms with Crippen LogP contribution in [0.25, 0.3) is 5.65 Å². The molecule has 0 spiro atoms. The van der Waals surface area contributed by atoms with Gasteiger partial charge in [-0.1, -0.05) is 18.2 Å². The van der Waals surface area contributed by atoms with Crippen LogP contribution in [0, 0.1) is 0 Å². The molecule has 0 unspecified atom stereocenters. The number of nitrogens with one attached hydrogen (secondary N) is 1. The van der Waals surface area contributed by atoms with Gasteiger partial charge in [-0.2, -0.15) is 4.52 Å². The van der Waals surface area contributed by atoms with Gasteiger partial charge in [0.05, 0.1) is 14.2 Å². The Morgan fingerprint density at radius 3 is 2.73 bits per heavy atom. The second-order valence-electron chi connectivity index (χ2n) is 5.67. The molecule has 3 aromatic rings. The summed E-state index contributed by atoms with van der Waals surface area (Å²) in [5.74, 6) is 1.88. The molecular weight excluding hydrogens is 334 g/mol. The standard InChI is InChI=1S/C18H21N5O3/c1-25-14-6-4-3-5-13(14)11-12-19-17(24)9-7-15-20-21-16-8-10-18(26-2)22-23(15)16/h3-6,8,10H,7,9,11-12H2,1-2H3,(H,19,24). The van der Waals surface area contributed by atoms with E-state index in [2.05, 4.69) is 20.6 Å². The van der Waals surface area contributed by atoms with E-state index in [1.807, 2.05) is 24.3 Å². The summed E-state index contributed by atoms with van der Waals surface area (Å²) in [5, 5.41) is 15.3. The molecule has 26 heavy (non-hydrogen) atoms. The Hall–Kier alpha value is -3.16. The van der Waals surface area contributed by atoms with Crippen LogP contribution in [-0.2, 0) is 17.6 Å². The summed E-state index contributed by atoms with van der Waals surface area (Å²) in [6.07, 6.45) is 1.47. The van der Waals surface area contributed by atoms with E-state index in [4.69, 9.17) is 9.47 Å². The van der Waals surface area contributed by atoms with E-state index in [-0.39, 0.29) is 5.91 Å². The quantitative estimate of drug-likeness (QED) is 0.657. The lowest BCUT2D eigenvalue weighted by Gasteiger charge is -2.09. The van der Waals surface area contributed by atoms with E-state index < -0.39 is 0 Å². The molecule has 0 radical (unpaired) electrons. The number of aryl methyl sites for hydroxylation is 1. The van der Waals surface area contributed by atoms with E-state index in [0.29, 0.717) is 43.2 Å². The maximum absolute atomic E-state index is 12.1. The summed E-state index contributed by atoms with van der Waals surface area (Å²) in [4.78, 5) is 12.1. The third kappa shape index (κ3) is 4.08. The van der Waals surface area contributed by atoms with Crippen LogP contribution in [0.5, 0.6) is 11.6 Å². The van der Waals surface area contributed by atoms with Crippen LogP contribution in [0.2, 0.25) is 0 Å². The zero-order chi connectivity index (χ0) is 18.4. The predicted molar refractivity (Wildman–Crippen MR) is 95.4 cm³/mol. The smallest absolute Gasteiger partial charge is 0.231 e. The Morgan fingerprint density at radius 2 is 1.92 bits per heavy atom. The second kappa shape index (κ2) is 8.28. The first-order valence-corrected chi connectivity index (χ1v) is 8.35. The highest BCUT2D eigenvalue weighted by Crippen LogP contribution is 2.17. The number of carbonyl (C=O) groups excluding carboxylic acids is 1. The van der Waals surface area contributed by atoms with Gasteiger partial charge in [-0.15, -0.1) is 15.3 Å². The zero-order valence-electron chi connectivity index (χ0n) is 14.8. The van der Waals surface area contributed by atoms with Crippen molar-refractivity contribution in [3.05, 3.63) is 47.8 Å². The lowest BCUT2D eigenvalue weighted by atomic mass is 10.1. The Morgan fingerprint density at radius 1 is 1.08 bits per heavy atom. The van der Waals surface area contributed by atoms with E-state index >= 15 is 0 Å². The molecule has 2 aromatic heterocycles. The molecule has 3 rings (SSSR count). The average molecular weight is 355 g/mol. The number of nitrogens with zero attached hydrogens (tertiary/aromatic N) is 4. The van der Waals surface area contributed by atoms with Crippen molar-refractivity contribution in [2.24, 2.45) is 0 Å². The van der Waals surface area contributed by atoms with Crippen molar-refractivity contribution >= 4 is 11.6 Å². The van der Waals surface area contributed by atoms with E-state index in [1.165, 1.54) is 0 Å². The summed E-state index contributed by atoms with van der Waals surface area (Å²) < 4.78 is 12.0. The number of hydrogen-bond acceptors (Lipinski definition) is 6. The number of carbonyl (C=O) groups is 1. The van der Waals surface area contributed by atoms with Gasteiger partial charge in [-0.3, -0.25) is 4.79 Å². The van der Waals surface area contributed by atoms with Crippen LogP contribution < -0.4 is 14.8 Å². The van der Waals surface area contributed by atoms with Crippen molar-refractivity contribution in [2.45, 2.75) is 19.3 Å². The molecule has 8 heteroatoms. The van der Waals surface area contributed by atoms with E-state index in [1.54, 1.807) is 30.9 Å². The van der Waals surface area contributed by atoms with Crippen LogP contribution in [-0.4, -0.2) is 46.5 Å². The Bertz CT molecular complexity index is 893. The molecule has 2 heterocycles. The van der Waals surface area contributed by atoms with Crippen LogP contribution >= 0.6 is 0 Å². The van der Waals surface area contributed by atoms with Crippen LogP contribution in [0.1, 0.15) is 17.8 Å². The lowest BCUT2D eigenvalue weighted by Crippen LogP contribution is -2.26. The number of fused-ring (bicyclic) bond motifs is 1. The molecule has 1 N–H and O–H groups in total. The second-order valence-corrected chi connectivity index (χ2v) is 5.67. The van der Waals surface area contributed by atoms with Gasteiger partial charge in [0.1, 0.15) is 5.75 Å². The summed E-state index contributed by atoms with van der Waals surface area (Å²) in [6.45, 7) is 0.547. The van der Waals surface area contributed by atoms with Gasteiger partial charge >= 0.3 is 0 Å². The molecule has 0 bridgehead atoms. The molecule has 0 aliphatic rings. The highest BCUT2D eigenvalue weighted by Gasteiger charge is 2.10. The molecule has 0 aliphatic heterocycles. The first kappa shape index (κ1) is 17.7. The molecule has 0 saturated carbocycles. The Balaban J connectivity index is 1.51. The number of hydrogen-bond donors (Lipinski definition) is 1. The summed E-state index contributed by atoms with van der Waals surface area (Å²) >= 11 is 0. The van der Waals surface area contributed by atoms with Crippen molar-refractivity contribution in [3.8, 4) is 11.6 Å². The van der Waals surface area contributed by atoms with Gasteiger partial charge in [0.2, 0.25) is 11.8 Å². The van der Waals surface area contributed by atoms with Crippen molar-refractivity contribution in [1.82, 2.24) is 25.1 Å². The first-order chi connectivity index (χ1) is 12.7. The average Bonchev–Trinajstić information content (AvgIpc) is 3.08. The fraction of sp³-hybridized carbons (Fsp3) is 0.333. The monoisotopic (exact) mass is 355 g/mol. The SMILES string of the molecule is COc1ccc2nnc(CCC(=O)NCCc3ccccc3OC)n2n1. The number of amides is 1. The molecule has 1 aromatic carbocycles.